The van der Waals surface area contributed by atoms with Crippen molar-refractivity contribution >= 4 is 5.57 Å². The van der Waals surface area contributed by atoms with E-state index in [4.69, 9.17) is 0 Å². The maximum atomic E-state index is 3.94. The van der Waals surface area contributed by atoms with Crippen LogP contribution in [0.5, 0.6) is 0 Å². The first-order valence-corrected chi connectivity index (χ1v) is 4.48. The van der Waals surface area contributed by atoms with Gasteiger partial charge in [-0.2, -0.15) is 18.6 Å². The van der Waals surface area contributed by atoms with E-state index >= 15 is 0 Å². The molecule has 0 atom stereocenters. The van der Waals surface area contributed by atoms with Crippen molar-refractivity contribution in [2.24, 2.45) is 0 Å². The van der Waals surface area contributed by atoms with Crippen molar-refractivity contribution in [2.75, 3.05) is 0 Å². The molecule has 1 aromatic carbocycles. The summed E-state index contributed by atoms with van der Waals surface area (Å²) in [5.74, 6) is 0. The van der Waals surface area contributed by atoms with Crippen LogP contribution in [0.3, 0.4) is 0 Å². The van der Waals surface area contributed by atoms with Gasteiger partial charge in [0.15, 0.2) is 0 Å². The predicted octanol–water partition coefficient (Wildman–Crippen LogP) is 3.93. The van der Waals surface area contributed by atoms with Crippen molar-refractivity contribution in [3.8, 4) is 0 Å². The fraction of sp³-hybridized carbons (Fsp3) is 0.231. The first kappa shape index (κ1) is 21.0. The van der Waals surface area contributed by atoms with E-state index in [2.05, 4.69) is 37.3 Å². The fourth-order valence-corrected chi connectivity index (χ4v) is 1.35. The molecule has 15 heavy (non-hydrogen) atoms. The van der Waals surface area contributed by atoms with Crippen LogP contribution in [-0.4, -0.2) is 0 Å². The van der Waals surface area contributed by atoms with E-state index < -0.39 is 0 Å². The summed E-state index contributed by atoms with van der Waals surface area (Å²) < 4.78 is 0. The molecule has 0 unspecified atom stereocenters. The summed E-state index contributed by atoms with van der Waals surface area (Å²) in [6.45, 7) is 7.94. The fourth-order valence-electron chi connectivity index (χ4n) is 1.35. The second-order valence-corrected chi connectivity index (χ2v) is 2.59. The number of hydrogen-bond donors (Lipinski definition) is 0. The molecule has 0 aromatic heterocycles. The van der Waals surface area contributed by atoms with Crippen LogP contribution in [0.25, 0.3) is 5.57 Å². The molecule has 81 valence electrons. The smallest absolute Gasteiger partial charge is 0 e. The van der Waals surface area contributed by atoms with Gasteiger partial charge < -0.3 is 7.43 Å². The molecule has 0 aliphatic heterocycles. The molecule has 1 aliphatic rings. The summed E-state index contributed by atoms with van der Waals surface area (Å²) in [4.78, 5) is 0. The van der Waals surface area contributed by atoms with Crippen LogP contribution in [0.4, 0.5) is 0 Å². The molecule has 0 amide bonds. The van der Waals surface area contributed by atoms with Gasteiger partial charge in [0.25, 0.3) is 0 Å². The van der Waals surface area contributed by atoms with Crippen LogP contribution < -0.4 is 0 Å². The van der Waals surface area contributed by atoms with Crippen molar-refractivity contribution in [3.63, 3.8) is 0 Å². The van der Waals surface area contributed by atoms with Crippen LogP contribution >= 0.6 is 0 Å². The van der Waals surface area contributed by atoms with Crippen LogP contribution in [-0.2, 0) is 60.2 Å². The maximum Gasteiger partial charge on any atom is 0 e. The molecule has 2 heteroatoms. The molecule has 0 fully saturated rings. The number of rotatable bonds is 0. The van der Waals surface area contributed by atoms with Gasteiger partial charge in [0.05, 0.1) is 0 Å². The molecule has 1 aliphatic carbocycles. The summed E-state index contributed by atoms with van der Waals surface area (Å²) in [7, 11) is 0. The normalized spacial score (nSPS) is 10.1. The van der Waals surface area contributed by atoms with Gasteiger partial charge in [0.2, 0.25) is 0 Å². The van der Waals surface area contributed by atoms with Crippen molar-refractivity contribution in [1.29, 1.82) is 0 Å². The topological polar surface area (TPSA) is 0 Å². The molecule has 1 aromatic rings. The zero-order chi connectivity index (χ0) is 8.97. The zero-order valence-corrected chi connectivity index (χ0v) is 15.6. The minimum absolute atomic E-state index is 0. The van der Waals surface area contributed by atoms with Gasteiger partial charge in [-0.1, -0.05) is 38.5 Å². The van der Waals surface area contributed by atoms with E-state index in [-0.39, 0.29) is 61.2 Å². The Morgan fingerprint density at radius 3 is 2.20 bits per heavy atom. The Morgan fingerprint density at radius 2 is 1.67 bits per heavy atom. The van der Waals surface area contributed by atoms with Gasteiger partial charge >= 0.3 is 0 Å². The average Bonchev–Trinajstić information content (AvgIpc) is 2.53. The monoisotopic (exact) mass is 447 g/mol. The van der Waals surface area contributed by atoms with Crippen molar-refractivity contribution in [2.45, 2.75) is 20.3 Å². The summed E-state index contributed by atoms with van der Waals surface area (Å²) in [5, 5.41) is 0. The van der Waals surface area contributed by atoms with Crippen molar-refractivity contribution < 1.29 is 53.8 Å². The molecule has 0 saturated carbocycles. The first-order valence-electron chi connectivity index (χ1n) is 4.48. The maximum absolute atomic E-state index is 3.94. The molecular weight excluding hydrogens is 429 g/mol. The number of fused-ring (bicyclic) bond motifs is 1. The third-order valence-electron chi connectivity index (χ3n) is 1.93. The van der Waals surface area contributed by atoms with Crippen LogP contribution in [0.2, 0.25) is 0 Å². The van der Waals surface area contributed by atoms with E-state index in [9.17, 15) is 0 Å². The van der Waals surface area contributed by atoms with Gasteiger partial charge in [-0.3, -0.25) is 0 Å². The summed E-state index contributed by atoms with van der Waals surface area (Å²) >= 11 is 0. The molecule has 0 spiro atoms. The van der Waals surface area contributed by atoms with Gasteiger partial charge in [0, 0.05) is 53.8 Å². The van der Waals surface area contributed by atoms with Gasteiger partial charge in [-0.15, -0.1) is 17.2 Å². The third kappa shape index (κ3) is 5.48. The predicted molar refractivity (Wildman–Crippen MR) is 61.2 cm³/mol. The number of hydrogen-bond acceptors (Lipinski definition) is 0. The second-order valence-electron chi connectivity index (χ2n) is 2.59. The van der Waals surface area contributed by atoms with E-state index in [1.165, 1.54) is 16.7 Å². The van der Waals surface area contributed by atoms with Crippen molar-refractivity contribution in [1.82, 2.24) is 0 Å². The summed E-state index contributed by atoms with van der Waals surface area (Å²) in [5.41, 5.74) is 3.91. The van der Waals surface area contributed by atoms with E-state index in [1.807, 2.05) is 13.8 Å². The third-order valence-corrected chi connectivity index (χ3v) is 1.93. The number of benzene rings is 1. The Balaban J connectivity index is -0.000000273. The molecular formula is C13H18WY-2. The Morgan fingerprint density at radius 1 is 1.13 bits per heavy atom. The standard InChI is InChI=1S/C10H9.C2H6.CH3.W.Y/c1-8-6-7-9-4-2-3-5-10(8)9;1-2;;;/h2-6H,1,7H2;1-2H3;1H3;;/q-1;;-1;;. The Labute approximate surface area is 134 Å². The minimum atomic E-state index is 0. The minimum Gasteiger partial charge on any atom is -0.358 e. The largest absolute Gasteiger partial charge is 0.358 e. The SMILES string of the molecule is CC.[CH2-]C1=CCc2ccccc21.[CH3-].[W].[Y]. The number of allylic oxidation sites excluding steroid dienone is 2. The molecule has 0 heterocycles. The molecule has 1 radical (unpaired) electrons. The second kappa shape index (κ2) is 11.1. The van der Waals surface area contributed by atoms with E-state index in [1.54, 1.807) is 0 Å². The quantitative estimate of drug-likeness (QED) is 0.530. The Bertz CT molecular complexity index is 292. The summed E-state index contributed by atoms with van der Waals surface area (Å²) in [6.07, 6.45) is 3.24. The molecule has 0 bridgehead atoms. The Hall–Kier alpha value is 0.622. The molecule has 2 rings (SSSR count). The van der Waals surface area contributed by atoms with Gasteiger partial charge in [0.1, 0.15) is 0 Å². The average molecular weight is 447 g/mol. The molecule has 0 nitrogen and oxygen atoms in total. The molecule has 0 N–H and O–H groups in total. The summed E-state index contributed by atoms with van der Waals surface area (Å²) in [6, 6.07) is 8.42. The van der Waals surface area contributed by atoms with E-state index in [0.717, 1.165) is 6.42 Å². The van der Waals surface area contributed by atoms with Crippen LogP contribution in [0, 0.1) is 14.4 Å². The molecule has 0 saturated heterocycles. The van der Waals surface area contributed by atoms with Gasteiger partial charge in [-0.25, -0.2) is 0 Å². The van der Waals surface area contributed by atoms with Crippen LogP contribution in [0.15, 0.2) is 30.3 Å². The zero-order valence-electron chi connectivity index (χ0n) is 9.79. The van der Waals surface area contributed by atoms with Crippen LogP contribution in [0.1, 0.15) is 25.0 Å². The van der Waals surface area contributed by atoms with Gasteiger partial charge in [-0.05, 0) is 0 Å². The first-order chi connectivity index (χ1) is 5.88. The van der Waals surface area contributed by atoms with Crippen molar-refractivity contribution in [3.05, 3.63) is 55.8 Å². The Kier molecular flexibility index (Phi) is 15.5. The van der Waals surface area contributed by atoms with E-state index in [0.29, 0.717) is 0 Å².